The van der Waals surface area contributed by atoms with E-state index in [2.05, 4.69) is 18.8 Å². The Kier molecular flexibility index (Phi) is 5.95. The molecule has 158 valence electrons. The number of anilines is 1. The summed E-state index contributed by atoms with van der Waals surface area (Å²) in [6, 6.07) is 5.28. The third kappa shape index (κ3) is 4.01. The first-order valence-electron chi connectivity index (χ1n) is 10.6. The molecule has 2 aromatic rings. The highest BCUT2D eigenvalue weighted by Crippen LogP contribution is 2.43. The van der Waals surface area contributed by atoms with Crippen molar-refractivity contribution < 1.29 is 13.9 Å². The van der Waals surface area contributed by atoms with Crippen LogP contribution in [0.1, 0.15) is 51.1 Å². The standard InChI is InChI=1S/C24H27F2N3O/c1-15(2)24-28-11-3-13-29(24)23-19(20-14-17(25)6-9-21(20)26)10-12-27-22(23)16-4-7-18(30)8-5-16/h3,6,9-16,18,24,30H,4-5,7-8H2,1-2H3. The molecular weight excluding hydrogens is 384 g/mol. The predicted octanol–water partition coefficient (Wildman–Crippen LogP) is 5.43. The fraction of sp³-hybridized carbons (Fsp3) is 0.417. The predicted molar refractivity (Wildman–Crippen MR) is 116 cm³/mol. The summed E-state index contributed by atoms with van der Waals surface area (Å²) in [6.07, 6.45) is 9.84. The maximum absolute atomic E-state index is 14.8. The summed E-state index contributed by atoms with van der Waals surface area (Å²) in [4.78, 5) is 11.4. The fourth-order valence-corrected chi connectivity index (χ4v) is 4.44. The molecule has 1 saturated carbocycles. The highest BCUT2D eigenvalue weighted by molar-refractivity contribution is 5.84. The molecule has 2 aliphatic rings. The molecule has 4 nitrogen and oxygen atoms in total. The molecule has 0 bridgehead atoms. The summed E-state index contributed by atoms with van der Waals surface area (Å²) < 4.78 is 28.8. The van der Waals surface area contributed by atoms with Gasteiger partial charge in [-0.2, -0.15) is 0 Å². The monoisotopic (exact) mass is 411 g/mol. The number of aliphatic imine (C=N–C) groups is 1. The normalized spacial score (nSPS) is 23.9. The van der Waals surface area contributed by atoms with Gasteiger partial charge in [0, 0.05) is 35.7 Å². The largest absolute Gasteiger partial charge is 0.393 e. The van der Waals surface area contributed by atoms with Crippen LogP contribution in [0.4, 0.5) is 14.5 Å². The molecule has 4 rings (SSSR count). The number of hydrogen-bond acceptors (Lipinski definition) is 4. The first-order chi connectivity index (χ1) is 14.5. The molecule has 0 spiro atoms. The van der Waals surface area contributed by atoms with Crippen LogP contribution in [-0.2, 0) is 0 Å². The molecule has 0 saturated heterocycles. The van der Waals surface area contributed by atoms with Gasteiger partial charge in [0.15, 0.2) is 0 Å². The summed E-state index contributed by atoms with van der Waals surface area (Å²) in [6.45, 7) is 4.17. The van der Waals surface area contributed by atoms with Gasteiger partial charge in [-0.15, -0.1) is 0 Å². The van der Waals surface area contributed by atoms with Gasteiger partial charge in [0.25, 0.3) is 0 Å². The van der Waals surface area contributed by atoms with Gasteiger partial charge in [0.2, 0.25) is 0 Å². The molecule has 1 unspecified atom stereocenters. The Bertz CT molecular complexity index is 965. The van der Waals surface area contributed by atoms with E-state index >= 15 is 0 Å². The Morgan fingerprint density at radius 3 is 2.57 bits per heavy atom. The SMILES string of the molecule is CC(C)C1N=CC=CN1c1c(-c2cc(F)ccc2F)ccnc1C1CCC(O)CC1. The van der Waals surface area contributed by atoms with Gasteiger partial charge in [-0.3, -0.25) is 9.98 Å². The van der Waals surface area contributed by atoms with E-state index in [4.69, 9.17) is 4.98 Å². The van der Waals surface area contributed by atoms with Gasteiger partial charge < -0.3 is 10.0 Å². The zero-order valence-electron chi connectivity index (χ0n) is 17.3. The van der Waals surface area contributed by atoms with Gasteiger partial charge in [0.05, 0.1) is 17.5 Å². The number of halogens is 2. The summed E-state index contributed by atoms with van der Waals surface area (Å²) in [7, 11) is 0. The van der Waals surface area contributed by atoms with Gasteiger partial charge >= 0.3 is 0 Å². The maximum atomic E-state index is 14.8. The van der Waals surface area contributed by atoms with Crippen LogP contribution in [0.3, 0.4) is 0 Å². The third-order valence-electron chi connectivity index (χ3n) is 5.97. The lowest BCUT2D eigenvalue weighted by atomic mass is 9.83. The van der Waals surface area contributed by atoms with E-state index in [1.165, 1.54) is 6.07 Å². The van der Waals surface area contributed by atoms with E-state index in [9.17, 15) is 13.9 Å². The van der Waals surface area contributed by atoms with Gasteiger partial charge in [-0.05, 0) is 61.9 Å². The first-order valence-corrected chi connectivity index (χ1v) is 10.6. The fourth-order valence-electron chi connectivity index (χ4n) is 4.44. The number of pyridine rings is 1. The van der Waals surface area contributed by atoms with Crippen LogP contribution in [0.2, 0.25) is 0 Å². The molecule has 1 atom stereocenters. The average molecular weight is 411 g/mol. The lowest BCUT2D eigenvalue weighted by Crippen LogP contribution is -2.37. The molecule has 30 heavy (non-hydrogen) atoms. The van der Waals surface area contributed by atoms with Crippen molar-refractivity contribution in [3.8, 4) is 11.1 Å². The van der Waals surface area contributed by atoms with Crippen molar-refractivity contribution in [2.45, 2.75) is 57.7 Å². The molecule has 1 aliphatic heterocycles. The lowest BCUT2D eigenvalue weighted by molar-refractivity contribution is 0.122. The van der Waals surface area contributed by atoms with Crippen molar-refractivity contribution in [2.75, 3.05) is 4.90 Å². The van der Waals surface area contributed by atoms with Gasteiger partial charge in [0.1, 0.15) is 17.8 Å². The first kappa shape index (κ1) is 20.7. The zero-order chi connectivity index (χ0) is 21.3. The quantitative estimate of drug-likeness (QED) is 0.730. The van der Waals surface area contributed by atoms with E-state index in [0.717, 1.165) is 36.4 Å². The Hall–Kier alpha value is -2.60. The second kappa shape index (κ2) is 8.64. The zero-order valence-corrected chi connectivity index (χ0v) is 17.3. The van der Waals surface area contributed by atoms with Crippen LogP contribution in [0.25, 0.3) is 11.1 Å². The van der Waals surface area contributed by atoms with Crippen LogP contribution in [0.5, 0.6) is 0 Å². The minimum absolute atomic E-state index is 0.145. The van der Waals surface area contributed by atoms with Gasteiger partial charge in [-0.25, -0.2) is 8.78 Å². The third-order valence-corrected chi connectivity index (χ3v) is 5.97. The molecule has 1 aromatic carbocycles. The molecule has 1 aliphatic carbocycles. The number of nitrogens with zero attached hydrogens (tertiary/aromatic N) is 3. The van der Waals surface area contributed by atoms with Crippen LogP contribution in [0, 0.1) is 17.6 Å². The summed E-state index contributed by atoms with van der Waals surface area (Å²) in [5.74, 6) is -0.603. The number of aromatic nitrogens is 1. The van der Waals surface area contributed by atoms with Gasteiger partial charge in [-0.1, -0.05) is 13.8 Å². The topological polar surface area (TPSA) is 48.7 Å². The van der Waals surface area contributed by atoms with Crippen molar-refractivity contribution in [3.05, 3.63) is 60.1 Å². The van der Waals surface area contributed by atoms with Crippen LogP contribution < -0.4 is 4.90 Å². The van der Waals surface area contributed by atoms with E-state index < -0.39 is 11.6 Å². The number of aliphatic hydroxyl groups is 1. The number of allylic oxidation sites excluding steroid dienone is 1. The molecule has 0 radical (unpaired) electrons. The molecule has 2 heterocycles. The number of hydrogen-bond donors (Lipinski definition) is 1. The minimum atomic E-state index is -0.482. The van der Waals surface area contributed by atoms with Crippen molar-refractivity contribution in [1.82, 2.24) is 4.98 Å². The van der Waals surface area contributed by atoms with E-state index in [0.29, 0.717) is 18.4 Å². The minimum Gasteiger partial charge on any atom is -0.393 e. The highest BCUT2D eigenvalue weighted by Gasteiger charge is 2.31. The summed E-state index contributed by atoms with van der Waals surface area (Å²) in [5.41, 5.74) is 2.45. The number of benzene rings is 1. The summed E-state index contributed by atoms with van der Waals surface area (Å²) in [5, 5.41) is 9.95. The average Bonchev–Trinajstić information content (AvgIpc) is 2.75. The van der Waals surface area contributed by atoms with E-state index in [1.54, 1.807) is 18.5 Å². The van der Waals surface area contributed by atoms with E-state index in [1.807, 2.05) is 17.2 Å². The smallest absolute Gasteiger partial charge is 0.131 e. The highest BCUT2D eigenvalue weighted by atomic mass is 19.1. The Labute approximate surface area is 176 Å². The number of aliphatic hydroxyl groups excluding tert-OH is 1. The molecule has 0 amide bonds. The van der Waals surface area contributed by atoms with Crippen LogP contribution in [-0.4, -0.2) is 28.6 Å². The molecule has 1 N–H and O–H groups in total. The summed E-state index contributed by atoms with van der Waals surface area (Å²) >= 11 is 0. The van der Waals surface area contributed by atoms with E-state index in [-0.39, 0.29) is 29.7 Å². The Morgan fingerprint density at radius 1 is 1.07 bits per heavy atom. The Morgan fingerprint density at radius 2 is 1.83 bits per heavy atom. The molecule has 6 heteroatoms. The lowest BCUT2D eigenvalue weighted by Gasteiger charge is -2.36. The number of rotatable bonds is 4. The Balaban J connectivity index is 1.90. The molecule has 1 aromatic heterocycles. The van der Waals surface area contributed by atoms with Crippen molar-refractivity contribution in [2.24, 2.45) is 10.9 Å². The molecule has 1 fully saturated rings. The maximum Gasteiger partial charge on any atom is 0.131 e. The van der Waals surface area contributed by atoms with Crippen molar-refractivity contribution in [3.63, 3.8) is 0 Å². The van der Waals surface area contributed by atoms with Crippen LogP contribution >= 0.6 is 0 Å². The second-order valence-electron chi connectivity index (χ2n) is 8.43. The van der Waals surface area contributed by atoms with Crippen molar-refractivity contribution in [1.29, 1.82) is 0 Å². The second-order valence-corrected chi connectivity index (χ2v) is 8.43. The van der Waals surface area contributed by atoms with Crippen LogP contribution in [0.15, 0.2) is 47.7 Å². The van der Waals surface area contributed by atoms with Crippen molar-refractivity contribution >= 4 is 11.9 Å². The molecular formula is C24H27F2N3O.